The molecule has 0 radical (unpaired) electrons. The third-order valence-electron chi connectivity index (χ3n) is 2.22. The summed E-state index contributed by atoms with van der Waals surface area (Å²) in [5.74, 6) is 0.338. The molecule has 0 saturated heterocycles. The van der Waals surface area contributed by atoms with Crippen molar-refractivity contribution in [2.75, 3.05) is 0 Å². The van der Waals surface area contributed by atoms with Gasteiger partial charge in [-0.2, -0.15) is 0 Å². The Balaban J connectivity index is 3.27. The van der Waals surface area contributed by atoms with Crippen molar-refractivity contribution in [1.29, 1.82) is 0 Å². The van der Waals surface area contributed by atoms with E-state index in [1.54, 1.807) is 0 Å². The van der Waals surface area contributed by atoms with Gasteiger partial charge in [0.25, 0.3) is 0 Å². The Morgan fingerprint density at radius 1 is 1.33 bits per heavy atom. The zero-order valence-electron chi connectivity index (χ0n) is 7.76. The molecule has 0 aromatic heterocycles. The maximum Gasteiger partial charge on any atom is 0.123 e. The van der Waals surface area contributed by atoms with Crippen LogP contribution in [0.3, 0.4) is 0 Å². The van der Waals surface area contributed by atoms with Crippen molar-refractivity contribution in [3.63, 3.8) is 0 Å². The lowest BCUT2D eigenvalue weighted by Crippen LogP contribution is -2.05. The Bertz CT molecular complexity index is 292. The van der Waals surface area contributed by atoms with Gasteiger partial charge >= 0.3 is 0 Å². The van der Waals surface area contributed by atoms with E-state index in [9.17, 15) is 5.11 Å². The second kappa shape index (κ2) is 3.15. The largest absolute Gasteiger partial charge is 0.507 e. The topological polar surface area (TPSA) is 46.2 Å². The molecule has 66 valence electrons. The zero-order valence-corrected chi connectivity index (χ0v) is 7.76. The van der Waals surface area contributed by atoms with Crippen LogP contribution in [0.5, 0.6) is 5.75 Å². The zero-order chi connectivity index (χ0) is 9.30. The molecule has 3 N–H and O–H groups in total. The molecule has 0 fully saturated rings. The highest BCUT2D eigenvalue weighted by atomic mass is 16.3. The molecule has 0 saturated carbocycles. The summed E-state index contributed by atoms with van der Waals surface area (Å²) < 4.78 is 0. The summed E-state index contributed by atoms with van der Waals surface area (Å²) in [6, 6.07) is 3.75. The number of aryl methyl sites for hydroxylation is 1. The normalized spacial score (nSPS) is 13.0. The van der Waals surface area contributed by atoms with Crippen molar-refractivity contribution in [1.82, 2.24) is 0 Å². The highest BCUT2D eigenvalue weighted by molar-refractivity contribution is 5.45. The van der Waals surface area contributed by atoms with E-state index in [-0.39, 0.29) is 6.04 Å². The van der Waals surface area contributed by atoms with E-state index in [1.807, 2.05) is 32.9 Å². The minimum atomic E-state index is -0.107. The summed E-state index contributed by atoms with van der Waals surface area (Å²) >= 11 is 0. The molecule has 1 aromatic carbocycles. The van der Waals surface area contributed by atoms with Crippen LogP contribution in [0.1, 0.15) is 29.7 Å². The van der Waals surface area contributed by atoms with E-state index in [4.69, 9.17) is 5.73 Å². The van der Waals surface area contributed by atoms with E-state index in [0.717, 1.165) is 16.7 Å². The van der Waals surface area contributed by atoms with Crippen LogP contribution in [0, 0.1) is 13.8 Å². The number of phenolic OH excluding ortho intramolecular Hbond substituents is 1. The van der Waals surface area contributed by atoms with Gasteiger partial charge in [0.05, 0.1) is 0 Å². The van der Waals surface area contributed by atoms with Gasteiger partial charge in [0.1, 0.15) is 5.75 Å². The predicted molar refractivity (Wildman–Crippen MR) is 50.2 cm³/mol. The molecular weight excluding hydrogens is 150 g/mol. The molecule has 2 nitrogen and oxygen atoms in total. The monoisotopic (exact) mass is 165 g/mol. The first kappa shape index (κ1) is 9.07. The second-order valence-electron chi connectivity index (χ2n) is 3.23. The van der Waals surface area contributed by atoms with Crippen molar-refractivity contribution < 1.29 is 5.11 Å². The predicted octanol–water partition coefficient (Wildman–Crippen LogP) is 2.03. The molecular formula is C10H15NO. The number of aromatic hydroxyl groups is 1. The van der Waals surface area contributed by atoms with E-state index in [1.165, 1.54) is 0 Å². The molecule has 1 atom stereocenters. The highest BCUT2D eigenvalue weighted by Crippen LogP contribution is 2.28. The third kappa shape index (κ3) is 1.43. The van der Waals surface area contributed by atoms with Crippen LogP contribution in [0.4, 0.5) is 0 Å². The van der Waals surface area contributed by atoms with Gasteiger partial charge in [0, 0.05) is 11.6 Å². The Labute approximate surface area is 73.0 Å². The number of hydrogen-bond donors (Lipinski definition) is 2. The second-order valence-corrected chi connectivity index (χ2v) is 3.23. The SMILES string of the molecule is Cc1ccc([C@@H](C)N)c(O)c1C. The van der Waals surface area contributed by atoms with Gasteiger partial charge in [-0.25, -0.2) is 0 Å². The maximum absolute atomic E-state index is 9.67. The van der Waals surface area contributed by atoms with Gasteiger partial charge < -0.3 is 10.8 Å². The highest BCUT2D eigenvalue weighted by Gasteiger charge is 2.08. The van der Waals surface area contributed by atoms with Crippen molar-refractivity contribution in [2.24, 2.45) is 5.73 Å². The lowest BCUT2D eigenvalue weighted by Gasteiger charge is -2.11. The third-order valence-corrected chi connectivity index (χ3v) is 2.22. The van der Waals surface area contributed by atoms with E-state index >= 15 is 0 Å². The van der Waals surface area contributed by atoms with Crippen molar-refractivity contribution in [2.45, 2.75) is 26.8 Å². The smallest absolute Gasteiger partial charge is 0.123 e. The van der Waals surface area contributed by atoms with Crippen molar-refractivity contribution in [3.05, 3.63) is 28.8 Å². The minimum absolute atomic E-state index is 0.107. The van der Waals surface area contributed by atoms with E-state index < -0.39 is 0 Å². The average Bonchev–Trinajstić information content (AvgIpc) is 2.00. The molecule has 0 aliphatic heterocycles. The van der Waals surface area contributed by atoms with Crippen LogP contribution >= 0.6 is 0 Å². The number of phenols is 1. The van der Waals surface area contributed by atoms with Gasteiger partial charge in [-0.3, -0.25) is 0 Å². The molecule has 0 aliphatic carbocycles. The summed E-state index contributed by atoms with van der Waals surface area (Å²) in [4.78, 5) is 0. The van der Waals surface area contributed by atoms with Gasteiger partial charge in [-0.1, -0.05) is 12.1 Å². The molecule has 0 aliphatic rings. The molecule has 2 heteroatoms. The molecule has 0 unspecified atom stereocenters. The number of rotatable bonds is 1. The first-order valence-corrected chi connectivity index (χ1v) is 4.08. The molecule has 0 heterocycles. The lowest BCUT2D eigenvalue weighted by molar-refractivity contribution is 0.459. The Kier molecular flexibility index (Phi) is 2.38. The van der Waals surface area contributed by atoms with Gasteiger partial charge in [0.15, 0.2) is 0 Å². The van der Waals surface area contributed by atoms with Crippen molar-refractivity contribution >= 4 is 0 Å². The minimum Gasteiger partial charge on any atom is -0.507 e. The molecule has 1 rings (SSSR count). The first-order chi connectivity index (χ1) is 5.54. The van der Waals surface area contributed by atoms with Crippen molar-refractivity contribution in [3.8, 4) is 5.75 Å². The van der Waals surface area contributed by atoms with Crippen LogP contribution in [-0.2, 0) is 0 Å². The van der Waals surface area contributed by atoms with Gasteiger partial charge in [-0.05, 0) is 31.9 Å². The molecule has 1 aromatic rings. The molecule has 12 heavy (non-hydrogen) atoms. The summed E-state index contributed by atoms with van der Waals surface area (Å²) in [6.07, 6.45) is 0. The van der Waals surface area contributed by atoms with Gasteiger partial charge in [0.2, 0.25) is 0 Å². The fraction of sp³-hybridized carbons (Fsp3) is 0.400. The lowest BCUT2D eigenvalue weighted by atomic mass is 10.0. The van der Waals surface area contributed by atoms with Crippen LogP contribution < -0.4 is 5.73 Å². The summed E-state index contributed by atoms with van der Waals surface area (Å²) in [5.41, 5.74) is 8.51. The number of hydrogen-bond acceptors (Lipinski definition) is 2. The molecule has 0 amide bonds. The fourth-order valence-corrected chi connectivity index (χ4v) is 1.19. The van der Waals surface area contributed by atoms with Crippen LogP contribution in [0.15, 0.2) is 12.1 Å². The van der Waals surface area contributed by atoms with E-state index in [0.29, 0.717) is 5.75 Å². The van der Waals surface area contributed by atoms with E-state index in [2.05, 4.69) is 0 Å². The molecule has 0 bridgehead atoms. The fourth-order valence-electron chi connectivity index (χ4n) is 1.19. The van der Waals surface area contributed by atoms with Gasteiger partial charge in [-0.15, -0.1) is 0 Å². The Hall–Kier alpha value is -1.02. The number of nitrogens with two attached hydrogens (primary N) is 1. The first-order valence-electron chi connectivity index (χ1n) is 4.08. The quantitative estimate of drug-likeness (QED) is 0.668. The van der Waals surface area contributed by atoms with Crippen LogP contribution in [0.25, 0.3) is 0 Å². The Morgan fingerprint density at radius 2 is 1.92 bits per heavy atom. The van der Waals surface area contributed by atoms with Crippen LogP contribution in [-0.4, -0.2) is 5.11 Å². The summed E-state index contributed by atoms with van der Waals surface area (Å²) in [5, 5.41) is 9.67. The van der Waals surface area contributed by atoms with Crippen LogP contribution in [0.2, 0.25) is 0 Å². The maximum atomic E-state index is 9.67. The average molecular weight is 165 g/mol. The summed E-state index contributed by atoms with van der Waals surface area (Å²) in [6.45, 7) is 5.74. The number of benzene rings is 1. The summed E-state index contributed by atoms with van der Waals surface area (Å²) in [7, 11) is 0. The standard InChI is InChI=1S/C10H15NO/c1-6-4-5-9(8(3)11)10(12)7(6)2/h4-5,8,12H,11H2,1-3H3/t8-/m1/s1. The molecule has 0 spiro atoms. The Morgan fingerprint density at radius 3 is 2.42 bits per heavy atom.